The lowest BCUT2D eigenvalue weighted by atomic mass is 9.91. The van der Waals surface area contributed by atoms with Crippen LogP contribution >= 0.6 is 11.3 Å². The first-order chi connectivity index (χ1) is 12.6. The number of anilines is 1. The van der Waals surface area contributed by atoms with Gasteiger partial charge in [-0.2, -0.15) is 0 Å². The van der Waals surface area contributed by atoms with Gasteiger partial charge in [0, 0.05) is 44.2 Å². The SMILES string of the molecule is NC(=O)C1CCN(C(=O)C2CCN(c3ccnc4ccsc34)CC2)CC1. The molecule has 6 nitrogen and oxygen atoms in total. The molecule has 0 unspecified atom stereocenters. The normalized spacial score (nSPS) is 19.8. The minimum atomic E-state index is -0.234. The van der Waals surface area contributed by atoms with E-state index in [2.05, 4.69) is 27.4 Å². The minimum Gasteiger partial charge on any atom is -0.370 e. The van der Waals surface area contributed by atoms with Crippen molar-refractivity contribution in [3.8, 4) is 0 Å². The van der Waals surface area contributed by atoms with Crippen LogP contribution in [-0.4, -0.2) is 47.9 Å². The average Bonchev–Trinajstić information content (AvgIpc) is 3.16. The van der Waals surface area contributed by atoms with Crippen LogP contribution in [0.5, 0.6) is 0 Å². The number of rotatable bonds is 3. The number of fused-ring (bicyclic) bond motifs is 1. The van der Waals surface area contributed by atoms with Gasteiger partial charge in [-0.1, -0.05) is 0 Å². The predicted octanol–water partition coefficient (Wildman–Crippen LogP) is 2.24. The fourth-order valence-electron chi connectivity index (χ4n) is 4.12. The Morgan fingerprint density at radius 3 is 2.42 bits per heavy atom. The zero-order valence-electron chi connectivity index (χ0n) is 14.8. The van der Waals surface area contributed by atoms with Crippen LogP contribution in [0.25, 0.3) is 10.2 Å². The molecule has 138 valence electrons. The van der Waals surface area contributed by atoms with Crippen molar-refractivity contribution in [1.82, 2.24) is 9.88 Å². The molecule has 26 heavy (non-hydrogen) atoms. The van der Waals surface area contributed by atoms with E-state index in [9.17, 15) is 9.59 Å². The Labute approximate surface area is 157 Å². The number of hydrogen-bond acceptors (Lipinski definition) is 5. The molecule has 2 fully saturated rings. The van der Waals surface area contributed by atoms with Gasteiger partial charge in [0.15, 0.2) is 0 Å². The van der Waals surface area contributed by atoms with E-state index in [1.54, 1.807) is 11.3 Å². The number of nitrogens with zero attached hydrogens (tertiary/aromatic N) is 3. The lowest BCUT2D eigenvalue weighted by Gasteiger charge is -2.37. The summed E-state index contributed by atoms with van der Waals surface area (Å²) in [5.74, 6) is 0.0454. The molecular weight excluding hydrogens is 348 g/mol. The molecule has 0 atom stereocenters. The summed E-state index contributed by atoms with van der Waals surface area (Å²) in [6.45, 7) is 3.11. The van der Waals surface area contributed by atoms with E-state index >= 15 is 0 Å². The Hall–Kier alpha value is -2.15. The first-order valence-corrected chi connectivity index (χ1v) is 10.2. The number of hydrogen-bond donors (Lipinski definition) is 1. The third-order valence-electron chi connectivity index (χ3n) is 5.72. The van der Waals surface area contributed by atoms with Crippen LogP contribution in [0.2, 0.25) is 0 Å². The number of aromatic nitrogens is 1. The smallest absolute Gasteiger partial charge is 0.225 e. The highest BCUT2D eigenvalue weighted by molar-refractivity contribution is 7.17. The average molecular weight is 372 g/mol. The van der Waals surface area contributed by atoms with E-state index in [1.807, 2.05) is 11.1 Å². The lowest BCUT2D eigenvalue weighted by molar-refractivity contribution is -0.139. The van der Waals surface area contributed by atoms with Crippen molar-refractivity contribution in [2.45, 2.75) is 25.7 Å². The monoisotopic (exact) mass is 372 g/mol. The molecular formula is C19H24N4O2S. The Kier molecular flexibility index (Phi) is 4.80. The van der Waals surface area contributed by atoms with Gasteiger partial charge >= 0.3 is 0 Å². The van der Waals surface area contributed by atoms with E-state index in [0.717, 1.165) is 31.4 Å². The number of primary amides is 1. The molecule has 2 amide bonds. The largest absolute Gasteiger partial charge is 0.370 e. The van der Waals surface area contributed by atoms with E-state index in [4.69, 9.17) is 5.73 Å². The number of carbonyl (C=O) groups excluding carboxylic acids is 2. The number of likely N-dealkylation sites (tertiary alicyclic amines) is 1. The second-order valence-corrected chi connectivity index (χ2v) is 8.14. The summed E-state index contributed by atoms with van der Waals surface area (Å²) in [6, 6.07) is 4.13. The minimum absolute atomic E-state index is 0.0687. The molecule has 0 spiro atoms. The molecule has 2 N–H and O–H groups in total. The van der Waals surface area contributed by atoms with Gasteiger partial charge in [-0.3, -0.25) is 14.6 Å². The van der Waals surface area contributed by atoms with Crippen LogP contribution in [0.4, 0.5) is 5.69 Å². The fraction of sp³-hybridized carbons (Fsp3) is 0.526. The summed E-state index contributed by atoms with van der Waals surface area (Å²) in [5, 5.41) is 2.08. The van der Waals surface area contributed by atoms with Crippen molar-refractivity contribution < 1.29 is 9.59 Å². The molecule has 0 aromatic carbocycles. The van der Waals surface area contributed by atoms with Crippen molar-refractivity contribution in [3.63, 3.8) is 0 Å². The topological polar surface area (TPSA) is 79.5 Å². The molecule has 2 aromatic rings. The van der Waals surface area contributed by atoms with Crippen molar-refractivity contribution in [1.29, 1.82) is 0 Å². The maximum atomic E-state index is 12.8. The summed E-state index contributed by atoms with van der Waals surface area (Å²) in [7, 11) is 0. The Morgan fingerprint density at radius 2 is 1.73 bits per heavy atom. The summed E-state index contributed by atoms with van der Waals surface area (Å²) in [5.41, 5.74) is 7.66. The van der Waals surface area contributed by atoms with Gasteiger partial charge in [-0.05, 0) is 43.2 Å². The van der Waals surface area contributed by atoms with E-state index in [-0.39, 0.29) is 23.7 Å². The van der Waals surface area contributed by atoms with E-state index in [0.29, 0.717) is 25.9 Å². The first kappa shape index (κ1) is 17.3. The second-order valence-electron chi connectivity index (χ2n) is 7.23. The van der Waals surface area contributed by atoms with Gasteiger partial charge in [0.25, 0.3) is 0 Å². The van der Waals surface area contributed by atoms with E-state index in [1.165, 1.54) is 10.4 Å². The Bertz CT molecular complexity index is 805. The van der Waals surface area contributed by atoms with Gasteiger partial charge in [0.2, 0.25) is 11.8 Å². The van der Waals surface area contributed by atoms with Crippen LogP contribution in [0.15, 0.2) is 23.7 Å². The highest BCUT2D eigenvalue weighted by atomic mass is 32.1. The summed E-state index contributed by atoms with van der Waals surface area (Å²) in [6.07, 6.45) is 5.03. The number of carbonyl (C=O) groups is 2. The fourth-order valence-corrected chi connectivity index (χ4v) is 5.01. The quantitative estimate of drug-likeness (QED) is 0.896. The van der Waals surface area contributed by atoms with Crippen molar-refractivity contribution in [3.05, 3.63) is 23.7 Å². The molecule has 7 heteroatoms. The summed E-state index contributed by atoms with van der Waals surface area (Å²) < 4.78 is 1.23. The number of nitrogens with two attached hydrogens (primary N) is 1. The third-order valence-corrected chi connectivity index (χ3v) is 6.64. The molecule has 4 heterocycles. The van der Waals surface area contributed by atoms with Crippen LogP contribution < -0.4 is 10.6 Å². The molecule has 0 radical (unpaired) electrons. The molecule has 0 aliphatic carbocycles. The van der Waals surface area contributed by atoms with Crippen LogP contribution in [0.3, 0.4) is 0 Å². The summed E-state index contributed by atoms with van der Waals surface area (Å²) in [4.78, 5) is 32.8. The van der Waals surface area contributed by atoms with Crippen molar-refractivity contribution in [2.24, 2.45) is 17.6 Å². The third kappa shape index (κ3) is 3.28. The molecule has 2 aromatic heterocycles. The highest BCUT2D eigenvalue weighted by Gasteiger charge is 2.32. The van der Waals surface area contributed by atoms with Gasteiger partial charge in [-0.25, -0.2) is 0 Å². The first-order valence-electron chi connectivity index (χ1n) is 9.29. The number of thiophene rings is 1. The molecule has 2 saturated heterocycles. The van der Waals surface area contributed by atoms with Gasteiger partial charge in [-0.15, -0.1) is 11.3 Å². The zero-order valence-corrected chi connectivity index (χ0v) is 15.6. The molecule has 2 aliphatic heterocycles. The zero-order chi connectivity index (χ0) is 18.1. The summed E-state index contributed by atoms with van der Waals surface area (Å²) >= 11 is 1.72. The van der Waals surface area contributed by atoms with Gasteiger partial charge < -0.3 is 15.5 Å². The lowest BCUT2D eigenvalue weighted by Crippen LogP contribution is -2.46. The molecule has 0 saturated carbocycles. The molecule has 2 aliphatic rings. The number of amides is 2. The van der Waals surface area contributed by atoms with Gasteiger partial charge in [0.1, 0.15) is 0 Å². The Morgan fingerprint density at radius 1 is 1.04 bits per heavy atom. The second kappa shape index (κ2) is 7.23. The number of pyridine rings is 1. The highest BCUT2D eigenvalue weighted by Crippen LogP contribution is 2.33. The van der Waals surface area contributed by atoms with Crippen LogP contribution in [0.1, 0.15) is 25.7 Å². The van der Waals surface area contributed by atoms with Gasteiger partial charge in [0.05, 0.1) is 15.9 Å². The molecule has 0 bridgehead atoms. The van der Waals surface area contributed by atoms with Crippen LogP contribution in [0, 0.1) is 11.8 Å². The van der Waals surface area contributed by atoms with E-state index < -0.39 is 0 Å². The predicted molar refractivity (Wildman–Crippen MR) is 103 cm³/mol. The Balaban J connectivity index is 1.36. The van der Waals surface area contributed by atoms with Crippen LogP contribution in [-0.2, 0) is 9.59 Å². The van der Waals surface area contributed by atoms with Crippen molar-refractivity contribution >= 4 is 39.1 Å². The maximum Gasteiger partial charge on any atom is 0.225 e. The standard InChI is InChI=1S/C19H24N4O2S/c20-18(24)13-2-10-23(11-3-13)19(25)14-4-8-22(9-5-14)16-1-7-21-15-6-12-26-17(15)16/h1,6-7,12-14H,2-5,8-11H2,(H2,20,24). The van der Waals surface area contributed by atoms with Crippen molar-refractivity contribution in [2.75, 3.05) is 31.1 Å². The number of piperidine rings is 2. The molecule has 4 rings (SSSR count). The maximum absolute atomic E-state index is 12.8.